The average Bonchev–Trinajstić information content (AvgIpc) is 2.68. The van der Waals surface area contributed by atoms with E-state index >= 15 is 0 Å². The van der Waals surface area contributed by atoms with Crippen LogP contribution in [0.5, 0.6) is 0 Å². The molecule has 60 valence electrons. The van der Waals surface area contributed by atoms with E-state index in [4.69, 9.17) is 5.73 Å². The lowest BCUT2D eigenvalue weighted by molar-refractivity contribution is 0.793. The van der Waals surface area contributed by atoms with Crippen molar-refractivity contribution in [2.24, 2.45) is 11.7 Å². The van der Waals surface area contributed by atoms with Gasteiger partial charge < -0.3 is 5.73 Å². The van der Waals surface area contributed by atoms with Gasteiger partial charge in [-0.25, -0.2) is 0 Å². The topological polar surface area (TPSA) is 54.7 Å². The maximum atomic E-state index is 5.53. The van der Waals surface area contributed by atoms with Gasteiger partial charge in [0.15, 0.2) is 0 Å². The highest BCUT2D eigenvalue weighted by atomic mass is 15.1. The molecule has 1 aromatic heterocycles. The van der Waals surface area contributed by atoms with Crippen LogP contribution in [0.25, 0.3) is 0 Å². The predicted molar refractivity (Wildman–Crippen MR) is 43.2 cm³/mol. The fraction of sp³-hybridized carbons (Fsp3) is 0.625. The lowest BCUT2D eigenvalue weighted by atomic mass is 10.2. The Morgan fingerprint density at radius 2 is 2.64 bits per heavy atom. The van der Waals surface area contributed by atoms with Crippen molar-refractivity contribution in [2.75, 3.05) is 6.54 Å². The summed E-state index contributed by atoms with van der Waals surface area (Å²) < 4.78 is 0. The summed E-state index contributed by atoms with van der Waals surface area (Å²) in [5.74, 6) is 1.34. The highest BCUT2D eigenvalue weighted by Gasteiger charge is 2.38. The van der Waals surface area contributed by atoms with Crippen molar-refractivity contribution < 1.29 is 0 Å². The molecular formula is C8H13N3. The SMILES string of the molecule is Cc1cc(C2CC2CN)n[nH]1. The molecule has 0 radical (unpaired) electrons. The summed E-state index contributed by atoms with van der Waals surface area (Å²) in [4.78, 5) is 0. The van der Waals surface area contributed by atoms with E-state index in [1.54, 1.807) is 0 Å². The molecule has 2 rings (SSSR count). The van der Waals surface area contributed by atoms with Crippen LogP contribution in [0.2, 0.25) is 0 Å². The Bertz CT molecular complexity index is 254. The van der Waals surface area contributed by atoms with E-state index in [9.17, 15) is 0 Å². The van der Waals surface area contributed by atoms with Crippen LogP contribution in [0, 0.1) is 12.8 Å². The first-order valence-electron chi connectivity index (χ1n) is 4.03. The average molecular weight is 151 g/mol. The maximum absolute atomic E-state index is 5.53. The highest BCUT2D eigenvalue weighted by molar-refractivity contribution is 5.19. The summed E-state index contributed by atoms with van der Waals surface area (Å²) in [6.07, 6.45) is 1.22. The van der Waals surface area contributed by atoms with Gasteiger partial charge in [-0.05, 0) is 31.9 Å². The Balaban J connectivity index is 2.08. The molecule has 1 fully saturated rings. The number of aromatic amines is 1. The van der Waals surface area contributed by atoms with Gasteiger partial charge in [0.25, 0.3) is 0 Å². The third-order valence-corrected chi connectivity index (χ3v) is 2.33. The van der Waals surface area contributed by atoms with E-state index in [0.29, 0.717) is 11.8 Å². The predicted octanol–water partition coefficient (Wildman–Crippen LogP) is 0.780. The van der Waals surface area contributed by atoms with Gasteiger partial charge in [0.1, 0.15) is 0 Å². The Morgan fingerprint density at radius 1 is 1.82 bits per heavy atom. The maximum Gasteiger partial charge on any atom is 0.0659 e. The first kappa shape index (κ1) is 6.85. The Hall–Kier alpha value is -0.830. The second-order valence-corrected chi connectivity index (χ2v) is 3.31. The van der Waals surface area contributed by atoms with Crippen molar-refractivity contribution in [3.05, 3.63) is 17.5 Å². The number of aromatic nitrogens is 2. The number of aryl methyl sites for hydroxylation is 1. The molecule has 0 bridgehead atoms. The standard InChI is InChI=1S/C8H13N3/c1-5-2-8(11-10-5)7-3-6(7)4-9/h2,6-7H,3-4,9H2,1H3,(H,10,11). The molecule has 1 heterocycles. The Kier molecular flexibility index (Phi) is 1.46. The minimum atomic E-state index is 0.643. The fourth-order valence-corrected chi connectivity index (χ4v) is 1.50. The number of hydrogen-bond donors (Lipinski definition) is 2. The summed E-state index contributed by atoms with van der Waals surface area (Å²) in [6.45, 7) is 2.83. The molecule has 2 unspecified atom stereocenters. The van der Waals surface area contributed by atoms with Crippen molar-refractivity contribution in [3.63, 3.8) is 0 Å². The minimum Gasteiger partial charge on any atom is -0.330 e. The summed E-state index contributed by atoms with van der Waals surface area (Å²) in [5.41, 5.74) is 7.86. The van der Waals surface area contributed by atoms with Gasteiger partial charge in [-0.15, -0.1) is 0 Å². The molecular weight excluding hydrogens is 138 g/mol. The van der Waals surface area contributed by atoms with E-state index in [0.717, 1.165) is 12.2 Å². The molecule has 1 aromatic rings. The molecule has 3 N–H and O–H groups in total. The van der Waals surface area contributed by atoms with E-state index in [1.807, 2.05) is 6.92 Å². The van der Waals surface area contributed by atoms with E-state index in [-0.39, 0.29) is 0 Å². The quantitative estimate of drug-likeness (QED) is 0.656. The number of H-pyrrole nitrogens is 1. The van der Waals surface area contributed by atoms with Crippen LogP contribution >= 0.6 is 0 Å². The zero-order valence-electron chi connectivity index (χ0n) is 6.67. The molecule has 11 heavy (non-hydrogen) atoms. The third-order valence-electron chi connectivity index (χ3n) is 2.33. The van der Waals surface area contributed by atoms with Crippen LogP contribution in [0.4, 0.5) is 0 Å². The number of rotatable bonds is 2. The molecule has 0 aromatic carbocycles. The van der Waals surface area contributed by atoms with Crippen molar-refractivity contribution in [2.45, 2.75) is 19.3 Å². The largest absolute Gasteiger partial charge is 0.330 e. The van der Waals surface area contributed by atoms with Crippen LogP contribution in [0.15, 0.2) is 6.07 Å². The van der Waals surface area contributed by atoms with Crippen molar-refractivity contribution in [3.8, 4) is 0 Å². The molecule has 0 amide bonds. The van der Waals surface area contributed by atoms with Gasteiger partial charge in [0.2, 0.25) is 0 Å². The molecule has 2 atom stereocenters. The third kappa shape index (κ3) is 1.16. The van der Waals surface area contributed by atoms with E-state index < -0.39 is 0 Å². The molecule has 1 aliphatic carbocycles. The first-order valence-corrected chi connectivity index (χ1v) is 4.03. The van der Waals surface area contributed by atoms with Crippen molar-refractivity contribution in [1.82, 2.24) is 10.2 Å². The Morgan fingerprint density at radius 3 is 3.09 bits per heavy atom. The van der Waals surface area contributed by atoms with Gasteiger partial charge in [-0.3, -0.25) is 5.10 Å². The van der Waals surface area contributed by atoms with Crippen LogP contribution in [-0.4, -0.2) is 16.7 Å². The summed E-state index contributed by atoms with van der Waals surface area (Å²) in [6, 6.07) is 2.11. The molecule has 3 heteroatoms. The zero-order valence-corrected chi connectivity index (χ0v) is 6.67. The van der Waals surface area contributed by atoms with Gasteiger partial charge in [-0.1, -0.05) is 0 Å². The molecule has 1 aliphatic rings. The van der Waals surface area contributed by atoms with E-state index in [2.05, 4.69) is 16.3 Å². The summed E-state index contributed by atoms with van der Waals surface area (Å²) in [5, 5.41) is 7.14. The van der Waals surface area contributed by atoms with Gasteiger partial charge in [0, 0.05) is 11.6 Å². The van der Waals surface area contributed by atoms with Gasteiger partial charge in [-0.2, -0.15) is 5.10 Å². The smallest absolute Gasteiger partial charge is 0.0659 e. The van der Waals surface area contributed by atoms with Gasteiger partial charge >= 0.3 is 0 Å². The van der Waals surface area contributed by atoms with E-state index in [1.165, 1.54) is 12.1 Å². The molecule has 3 nitrogen and oxygen atoms in total. The first-order chi connectivity index (χ1) is 5.31. The van der Waals surface area contributed by atoms with Crippen molar-refractivity contribution in [1.29, 1.82) is 0 Å². The molecule has 0 saturated heterocycles. The monoisotopic (exact) mass is 151 g/mol. The normalized spacial score (nSPS) is 28.9. The van der Waals surface area contributed by atoms with Crippen molar-refractivity contribution >= 4 is 0 Å². The molecule has 1 saturated carbocycles. The van der Waals surface area contributed by atoms with Crippen LogP contribution in [0.3, 0.4) is 0 Å². The van der Waals surface area contributed by atoms with Crippen LogP contribution in [-0.2, 0) is 0 Å². The summed E-state index contributed by atoms with van der Waals surface area (Å²) in [7, 11) is 0. The number of nitrogens with one attached hydrogen (secondary N) is 1. The highest BCUT2D eigenvalue weighted by Crippen LogP contribution is 2.45. The number of hydrogen-bond acceptors (Lipinski definition) is 2. The molecule has 0 aliphatic heterocycles. The van der Waals surface area contributed by atoms with Crippen LogP contribution < -0.4 is 5.73 Å². The second-order valence-electron chi connectivity index (χ2n) is 3.31. The molecule has 0 spiro atoms. The minimum absolute atomic E-state index is 0.643. The van der Waals surface area contributed by atoms with Crippen LogP contribution in [0.1, 0.15) is 23.7 Å². The number of nitrogens with two attached hydrogens (primary N) is 1. The van der Waals surface area contributed by atoms with Gasteiger partial charge in [0.05, 0.1) is 5.69 Å². The Labute approximate surface area is 66.0 Å². The lowest BCUT2D eigenvalue weighted by Crippen LogP contribution is -2.01. The number of nitrogens with zero attached hydrogens (tertiary/aromatic N) is 1. The lowest BCUT2D eigenvalue weighted by Gasteiger charge is -1.88. The summed E-state index contributed by atoms with van der Waals surface area (Å²) >= 11 is 0. The second kappa shape index (κ2) is 2.34. The zero-order chi connectivity index (χ0) is 7.84. The fourth-order valence-electron chi connectivity index (χ4n) is 1.50.